The molecule has 1 unspecified atom stereocenters. The molecule has 0 heterocycles. The zero-order chi connectivity index (χ0) is 52.9. The Bertz CT molecular complexity index is 1490. The van der Waals surface area contributed by atoms with Crippen LogP contribution in [-0.4, -0.2) is 37.2 Å². The topological polar surface area (TPSA) is 78.9 Å². The highest BCUT2D eigenvalue weighted by Gasteiger charge is 2.19. The molecule has 6 heteroatoms. The molecule has 0 aromatic heterocycles. The van der Waals surface area contributed by atoms with E-state index in [0.717, 1.165) is 116 Å². The van der Waals surface area contributed by atoms with Crippen molar-refractivity contribution in [1.29, 1.82) is 0 Å². The first-order valence-electron chi connectivity index (χ1n) is 30.4. The summed E-state index contributed by atoms with van der Waals surface area (Å²) in [6, 6.07) is 0. The van der Waals surface area contributed by atoms with Crippen molar-refractivity contribution in [3.05, 3.63) is 109 Å². The van der Waals surface area contributed by atoms with Gasteiger partial charge in [0.25, 0.3) is 0 Å². The molecule has 0 amide bonds. The molecule has 73 heavy (non-hydrogen) atoms. The predicted octanol–water partition coefficient (Wildman–Crippen LogP) is 20.7. The Hall–Kier alpha value is -3.93. The van der Waals surface area contributed by atoms with Gasteiger partial charge in [-0.25, -0.2) is 0 Å². The third-order valence-corrected chi connectivity index (χ3v) is 12.8. The van der Waals surface area contributed by atoms with Gasteiger partial charge in [0.15, 0.2) is 6.10 Å². The molecule has 0 aliphatic carbocycles. The van der Waals surface area contributed by atoms with Crippen LogP contribution in [0.4, 0.5) is 0 Å². The molecule has 0 radical (unpaired) electrons. The minimum atomic E-state index is -0.808. The highest BCUT2D eigenvalue weighted by Crippen LogP contribution is 2.16. The Labute approximate surface area is 450 Å². The van der Waals surface area contributed by atoms with E-state index in [1.807, 2.05) is 0 Å². The summed E-state index contributed by atoms with van der Waals surface area (Å²) in [7, 11) is 0. The fraction of sp³-hybridized carbons (Fsp3) is 0.687. The van der Waals surface area contributed by atoms with Crippen LogP contribution in [0.5, 0.6) is 0 Å². The summed E-state index contributed by atoms with van der Waals surface area (Å²) >= 11 is 0. The van der Waals surface area contributed by atoms with Crippen LogP contribution in [0, 0.1) is 0 Å². The molecule has 0 saturated heterocycles. The quantitative estimate of drug-likeness (QED) is 0.0261. The van der Waals surface area contributed by atoms with Crippen molar-refractivity contribution in [3.63, 3.8) is 0 Å². The highest BCUT2D eigenvalue weighted by atomic mass is 16.6. The second-order valence-electron chi connectivity index (χ2n) is 19.9. The van der Waals surface area contributed by atoms with Crippen LogP contribution in [0.1, 0.15) is 278 Å². The molecule has 0 aliphatic rings. The summed E-state index contributed by atoms with van der Waals surface area (Å²) in [5.74, 6) is -0.968. The standard InChI is InChI=1S/C67H112O6/c1-4-7-10-13-16-19-22-25-28-31-33-36-39-42-45-48-51-54-57-60-66(69)72-63-64(62-71-65(68)59-56-53-50-47-44-41-38-35-30-27-24-21-18-15-12-9-6-3)73-67(70)61-58-55-52-49-46-43-40-37-34-32-29-26-23-20-17-14-11-8-5-2/h7,9-10,12,16,18-19,21,25,27-28,30,33,36,38,41,47,50,64H,4-6,8,11,13-15,17,20,22-24,26,29,31-32,34-35,37,39-40,42-46,48-49,51-63H2,1-3H3/b10-7-,12-9-,19-16-,21-18-,28-25-,30-27-,36-33-,41-38-,50-47-. The Morgan fingerprint density at radius 1 is 0.288 bits per heavy atom. The summed E-state index contributed by atoms with van der Waals surface area (Å²) in [5.41, 5.74) is 0. The third kappa shape index (κ3) is 58.8. The summed E-state index contributed by atoms with van der Waals surface area (Å²) in [5, 5.41) is 0. The zero-order valence-corrected chi connectivity index (χ0v) is 47.6. The molecule has 0 fully saturated rings. The lowest BCUT2D eigenvalue weighted by Crippen LogP contribution is -2.30. The number of allylic oxidation sites excluding steroid dienone is 18. The lowest BCUT2D eigenvalue weighted by atomic mass is 10.0. The second-order valence-corrected chi connectivity index (χ2v) is 19.9. The normalized spacial score (nSPS) is 12.9. The average Bonchev–Trinajstić information content (AvgIpc) is 3.39. The average molecular weight is 1010 g/mol. The van der Waals surface area contributed by atoms with Crippen molar-refractivity contribution < 1.29 is 28.6 Å². The lowest BCUT2D eigenvalue weighted by molar-refractivity contribution is -0.167. The Morgan fingerprint density at radius 3 is 0.890 bits per heavy atom. The van der Waals surface area contributed by atoms with Gasteiger partial charge in [-0.05, 0) is 96.3 Å². The molecule has 0 N–H and O–H groups in total. The highest BCUT2D eigenvalue weighted by molar-refractivity contribution is 5.71. The zero-order valence-electron chi connectivity index (χ0n) is 47.6. The summed E-state index contributed by atoms with van der Waals surface area (Å²) < 4.78 is 16.9. The second kappa shape index (κ2) is 60.6. The molecule has 0 bridgehead atoms. The van der Waals surface area contributed by atoms with E-state index in [1.54, 1.807) is 0 Å². The minimum absolute atomic E-state index is 0.103. The Kier molecular flexibility index (Phi) is 57.4. The van der Waals surface area contributed by atoms with Crippen molar-refractivity contribution in [1.82, 2.24) is 0 Å². The molecular formula is C67H112O6. The minimum Gasteiger partial charge on any atom is -0.462 e. The molecule has 0 aromatic carbocycles. The maximum absolute atomic E-state index is 12.9. The summed E-state index contributed by atoms with van der Waals surface area (Å²) in [6.07, 6.45) is 82.3. The van der Waals surface area contributed by atoms with E-state index in [-0.39, 0.29) is 37.5 Å². The van der Waals surface area contributed by atoms with Crippen molar-refractivity contribution in [2.45, 2.75) is 284 Å². The van der Waals surface area contributed by atoms with Gasteiger partial charge in [0, 0.05) is 19.3 Å². The van der Waals surface area contributed by atoms with Crippen LogP contribution in [0.15, 0.2) is 109 Å². The van der Waals surface area contributed by atoms with Gasteiger partial charge in [-0.1, -0.05) is 271 Å². The number of hydrogen-bond acceptors (Lipinski definition) is 6. The van der Waals surface area contributed by atoms with Crippen LogP contribution < -0.4 is 0 Å². The maximum atomic E-state index is 12.9. The van der Waals surface area contributed by atoms with E-state index in [2.05, 4.69) is 130 Å². The first-order chi connectivity index (χ1) is 36.0. The third-order valence-electron chi connectivity index (χ3n) is 12.8. The molecule has 416 valence electrons. The van der Waals surface area contributed by atoms with Crippen LogP contribution in [0.2, 0.25) is 0 Å². The number of carbonyl (C=O) groups is 3. The van der Waals surface area contributed by atoms with Gasteiger partial charge in [-0.2, -0.15) is 0 Å². The Balaban J connectivity index is 4.48. The largest absolute Gasteiger partial charge is 0.462 e. The van der Waals surface area contributed by atoms with E-state index >= 15 is 0 Å². The molecule has 0 aliphatic heterocycles. The number of esters is 3. The van der Waals surface area contributed by atoms with E-state index in [0.29, 0.717) is 19.3 Å². The van der Waals surface area contributed by atoms with Crippen molar-refractivity contribution >= 4 is 17.9 Å². The molecule has 1 atom stereocenters. The van der Waals surface area contributed by atoms with E-state index in [9.17, 15) is 14.4 Å². The first kappa shape index (κ1) is 69.1. The van der Waals surface area contributed by atoms with Gasteiger partial charge in [-0.15, -0.1) is 0 Å². The maximum Gasteiger partial charge on any atom is 0.306 e. The fourth-order valence-corrected chi connectivity index (χ4v) is 8.29. The molecule has 0 rings (SSSR count). The van der Waals surface area contributed by atoms with E-state index in [4.69, 9.17) is 14.2 Å². The van der Waals surface area contributed by atoms with Gasteiger partial charge >= 0.3 is 17.9 Å². The molecular weight excluding hydrogens is 901 g/mol. The number of unbranched alkanes of at least 4 members (excludes halogenated alkanes) is 25. The lowest BCUT2D eigenvalue weighted by Gasteiger charge is -2.18. The van der Waals surface area contributed by atoms with E-state index in [1.165, 1.54) is 116 Å². The van der Waals surface area contributed by atoms with E-state index < -0.39 is 6.10 Å². The Morgan fingerprint density at radius 2 is 0.548 bits per heavy atom. The number of rotatable bonds is 54. The summed E-state index contributed by atoms with van der Waals surface area (Å²) in [4.78, 5) is 38.3. The van der Waals surface area contributed by atoms with Gasteiger partial charge in [0.1, 0.15) is 13.2 Å². The number of hydrogen-bond donors (Lipinski definition) is 0. The first-order valence-corrected chi connectivity index (χ1v) is 30.4. The van der Waals surface area contributed by atoms with Crippen LogP contribution >= 0.6 is 0 Å². The SMILES string of the molecule is CC/C=C\C/C=C\C/C=C\C/C=C\C/C=C\CCCC(=O)OCC(COC(=O)CCCCCCCC/C=C\C/C=C\C/C=C\C/C=C\CC)OC(=O)CCCCCCCCCCCCCCCCCCCCC. The molecule has 0 spiro atoms. The van der Waals surface area contributed by atoms with Crippen molar-refractivity contribution in [2.75, 3.05) is 13.2 Å². The fourth-order valence-electron chi connectivity index (χ4n) is 8.29. The van der Waals surface area contributed by atoms with Crippen molar-refractivity contribution in [3.8, 4) is 0 Å². The van der Waals surface area contributed by atoms with Crippen LogP contribution in [-0.2, 0) is 28.6 Å². The van der Waals surface area contributed by atoms with Gasteiger partial charge in [0.05, 0.1) is 0 Å². The van der Waals surface area contributed by atoms with Crippen molar-refractivity contribution in [2.24, 2.45) is 0 Å². The van der Waals surface area contributed by atoms with Gasteiger partial charge in [-0.3, -0.25) is 14.4 Å². The smallest absolute Gasteiger partial charge is 0.306 e. The van der Waals surface area contributed by atoms with Crippen LogP contribution in [0.25, 0.3) is 0 Å². The van der Waals surface area contributed by atoms with Crippen LogP contribution in [0.3, 0.4) is 0 Å². The number of ether oxygens (including phenoxy) is 3. The van der Waals surface area contributed by atoms with Gasteiger partial charge in [0.2, 0.25) is 0 Å². The number of carbonyl (C=O) groups excluding carboxylic acids is 3. The monoisotopic (exact) mass is 1010 g/mol. The summed E-state index contributed by atoms with van der Waals surface area (Å²) in [6.45, 7) is 6.37. The molecule has 0 aromatic rings. The predicted molar refractivity (Wildman–Crippen MR) is 316 cm³/mol. The molecule has 0 saturated carbocycles. The molecule has 6 nitrogen and oxygen atoms in total. The van der Waals surface area contributed by atoms with Gasteiger partial charge < -0.3 is 14.2 Å².